The molecule has 0 atom stereocenters. The Kier molecular flexibility index (Phi) is 5.41. The molecule has 0 aromatic heterocycles. The summed E-state index contributed by atoms with van der Waals surface area (Å²) in [5.41, 5.74) is 9.01. The highest BCUT2D eigenvalue weighted by molar-refractivity contribution is 5.27. The molecule has 0 unspecified atom stereocenters. The van der Waals surface area contributed by atoms with Gasteiger partial charge in [-0.3, -0.25) is 4.90 Å². The van der Waals surface area contributed by atoms with Crippen molar-refractivity contribution in [2.24, 2.45) is 5.73 Å². The normalized spacial score (nSPS) is 23.8. The molecule has 0 spiro atoms. The van der Waals surface area contributed by atoms with Gasteiger partial charge in [0.25, 0.3) is 0 Å². The average molecular weight is 260 g/mol. The van der Waals surface area contributed by atoms with Crippen molar-refractivity contribution < 1.29 is 0 Å². The van der Waals surface area contributed by atoms with Crippen LogP contribution in [0.3, 0.4) is 0 Å². The minimum atomic E-state index is 0.442. The van der Waals surface area contributed by atoms with Gasteiger partial charge in [-0.1, -0.05) is 38.1 Å². The summed E-state index contributed by atoms with van der Waals surface area (Å²) >= 11 is 0. The molecule has 2 rings (SSSR count). The Bertz CT molecular complexity index is 381. The molecule has 2 nitrogen and oxygen atoms in total. The first kappa shape index (κ1) is 14.5. The molecule has 1 saturated carbocycles. The molecule has 2 heteroatoms. The summed E-state index contributed by atoms with van der Waals surface area (Å²) in [7, 11) is 0. The van der Waals surface area contributed by atoms with Gasteiger partial charge < -0.3 is 5.73 Å². The molecule has 106 valence electrons. The van der Waals surface area contributed by atoms with E-state index in [1.54, 1.807) is 0 Å². The first-order valence-corrected chi connectivity index (χ1v) is 7.81. The topological polar surface area (TPSA) is 29.3 Å². The average Bonchev–Trinajstić information content (AvgIpc) is 2.46. The first-order valence-electron chi connectivity index (χ1n) is 7.81. The zero-order valence-electron chi connectivity index (χ0n) is 12.4. The van der Waals surface area contributed by atoms with E-state index in [-0.39, 0.29) is 0 Å². The Labute approximate surface area is 118 Å². The van der Waals surface area contributed by atoms with E-state index in [1.165, 1.54) is 36.8 Å². The SMILES string of the molecule is CCc1ccccc1CN(CC)C1CCC(N)CC1. The largest absolute Gasteiger partial charge is 0.328 e. The van der Waals surface area contributed by atoms with E-state index in [9.17, 15) is 0 Å². The fourth-order valence-electron chi connectivity index (χ4n) is 3.24. The molecule has 0 aliphatic heterocycles. The fourth-order valence-corrected chi connectivity index (χ4v) is 3.24. The van der Waals surface area contributed by atoms with E-state index < -0.39 is 0 Å². The molecule has 19 heavy (non-hydrogen) atoms. The van der Waals surface area contributed by atoms with E-state index in [0.717, 1.165) is 25.6 Å². The van der Waals surface area contributed by atoms with Crippen molar-refractivity contribution in [2.75, 3.05) is 6.54 Å². The predicted molar refractivity (Wildman–Crippen MR) is 82.1 cm³/mol. The van der Waals surface area contributed by atoms with Crippen molar-refractivity contribution in [1.29, 1.82) is 0 Å². The number of nitrogens with two attached hydrogens (primary N) is 1. The summed E-state index contributed by atoms with van der Waals surface area (Å²) in [5.74, 6) is 0. The lowest BCUT2D eigenvalue weighted by Gasteiger charge is -2.35. The molecule has 0 amide bonds. The molecule has 1 aromatic rings. The number of hydrogen-bond donors (Lipinski definition) is 1. The molecule has 0 saturated heterocycles. The Morgan fingerprint density at radius 2 is 1.68 bits per heavy atom. The van der Waals surface area contributed by atoms with E-state index in [2.05, 4.69) is 43.0 Å². The second kappa shape index (κ2) is 7.06. The van der Waals surface area contributed by atoms with Crippen molar-refractivity contribution in [3.8, 4) is 0 Å². The third-order valence-electron chi connectivity index (χ3n) is 4.54. The van der Waals surface area contributed by atoms with Gasteiger partial charge >= 0.3 is 0 Å². The molecule has 0 bridgehead atoms. The maximum absolute atomic E-state index is 6.02. The van der Waals surface area contributed by atoms with Gasteiger partial charge in [0.1, 0.15) is 0 Å². The van der Waals surface area contributed by atoms with Crippen LogP contribution in [0, 0.1) is 0 Å². The van der Waals surface area contributed by atoms with Gasteiger partial charge in [0, 0.05) is 18.6 Å². The second-order valence-electron chi connectivity index (χ2n) is 5.75. The minimum absolute atomic E-state index is 0.442. The molecule has 1 aliphatic carbocycles. The molecule has 1 aromatic carbocycles. The van der Waals surface area contributed by atoms with Crippen LogP contribution in [0.4, 0.5) is 0 Å². The third-order valence-corrected chi connectivity index (χ3v) is 4.54. The standard InChI is InChI=1S/C17H28N2/c1-3-14-7-5-6-8-15(14)13-19(4-2)17-11-9-16(18)10-12-17/h5-8,16-17H,3-4,9-13,18H2,1-2H3. The van der Waals surface area contributed by atoms with Crippen LogP contribution in [0.25, 0.3) is 0 Å². The van der Waals surface area contributed by atoms with Crippen LogP contribution in [0.5, 0.6) is 0 Å². The van der Waals surface area contributed by atoms with Crippen LogP contribution in [0.2, 0.25) is 0 Å². The monoisotopic (exact) mass is 260 g/mol. The molecule has 0 heterocycles. The van der Waals surface area contributed by atoms with Gasteiger partial charge in [0.15, 0.2) is 0 Å². The highest BCUT2D eigenvalue weighted by atomic mass is 15.1. The van der Waals surface area contributed by atoms with Crippen LogP contribution in [0.15, 0.2) is 24.3 Å². The Balaban J connectivity index is 2.02. The minimum Gasteiger partial charge on any atom is -0.328 e. The second-order valence-corrected chi connectivity index (χ2v) is 5.75. The maximum Gasteiger partial charge on any atom is 0.0239 e. The highest BCUT2D eigenvalue weighted by Crippen LogP contribution is 2.24. The van der Waals surface area contributed by atoms with Crippen molar-refractivity contribution >= 4 is 0 Å². The van der Waals surface area contributed by atoms with Crippen LogP contribution in [0.1, 0.15) is 50.7 Å². The summed E-state index contributed by atoms with van der Waals surface area (Å²) in [6, 6.07) is 10.0. The van der Waals surface area contributed by atoms with Crippen LogP contribution >= 0.6 is 0 Å². The summed E-state index contributed by atoms with van der Waals surface area (Å²) in [5, 5.41) is 0. The zero-order chi connectivity index (χ0) is 13.7. The number of rotatable bonds is 5. The Morgan fingerprint density at radius 3 is 2.26 bits per heavy atom. The fraction of sp³-hybridized carbons (Fsp3) is 0.647. The first-order chi connectivity index (χ1) is 9.24. The van der Waals surface area contributed by atoms with Crippen molar-refractivity contribution in [2.45, 2.75) is 64.6 Å². The van der Waals surface area contributed by atoms with Crippen molar-refractivity contribution in [3.63, 3.8) is 0 Å². The number of nitrogens with zero attached hydrogens (tertiary/aromatic N) is 1. The lowest BCUT2D eigenvalue weighted by molar-refractivity contribution is 0.149. The van der Waals surface area contributed by atoms with Crippen LogP contribution in [-0.4, -0.2) is 23.5 Å². The molecule has 0 radical (unpaired) electrons. The number of aryl methyl sites for hydroxylation is 1. The molecule has 1 aliphatic rings. The molecule has 1 fully saturated rings. The van der Waals surface area contributed by atoms with Gasteiger partial charge in [-0.15, -0.1) is 0 Å². The van der Waals surface area contributed by atoms with Crippen LogP contribution < -0.4 is 5.73 Å². The van der Waals surface area contributed by atoms with E-state index in [0.29, 0.717) is 6.04 Å². The summed E-state index contributed by atoms with van der Waals surface area (Å²) < 4.78 is 0. The molecular formula is C17H28N2. The quantitative estimate of drug-likeness (QED) is 0.880. The van der Waals surface area contributed by atoms with Crippen molar-refractivity contribution in [3.05, 3.63) is 35.4 Å². The summed E-state index contributed by atoms with van der Waals surface area (Å²) in [6.45, 7) is 6.76. The number of hydrogen-bond acceptors (Lipinski definition) is 2. The van der Waals surface area contributed by atoms with Crippen molar-refractivity contribution in [1.82, 2.24) is 4.90 Å². The van der Waals surface area contributed by atoms with Gasteiger partial charge in [-0.2, -0.15) is 0 Å². The molecule has 2 N–H and O–H groups in total. The lowest BCUT2D eigenvalue weighted by Crippen LogP contribution is -2.40. The smallest absolute Gasteiger partial charge is 0.0239 e. The van der Waals surface area contributed by atoms with E-state index in [1.807, 2.05) is 0 Å². The summed E-state index contributed by atoms with van der Waals surface area (Å²) in [6.07, 6.45) is 6.04. The predicted octanol–water partition coefficient (Wildman–Crippen LogP) is 3.34. The molecular weight excluding hydrogens is 232 g/mol. The van der Waals surface area contributed by atoms with Gasteiger partial charge in [-0.05, 0) is 49.8 Å². The van der Waals surface area contributed by atoms with Gasteiger partial charge in [0.05, 0.1) is 0 Å². The third kappa shape index (κ3) is 3.80. The maximum atomic E-state index is 6.02. The highest BCUT2D eigenvalue weighted by Gasteiger charge is 2.23. The number of benzene rings is 1. The van der Waals surface area contributed by atoms with Gasteiger partial charge in [0.2, 0.25) is 0 Å². The Hall–Kier alpha value is -0.860. The summed E-state index contributed by atoms with van der Waals surface area (Å²) in [4.78, 5) is 2.64. The van der Waals surface area contributed by atoms with Gasteiger partial charge in [-0.25, -0.2) is 0 Å². The zero-order valence-corrected chi connectivity index (χ0v) is 12.4. The lowest BCUT2D eigenvalue weighted by atomic mass is 9.90. The van der Waals surface area contributed by atoms with E-state index >= 15 is 0 Å². The Morgan fingerprint density at radius 1 is 1.05 bits per heavy atom. The van der Waals surface area contributed by atoms with Crippen LogP contribution in [-0.2, 0) is 13.0 Å². The van der Waals surface area contributed by atoms with E-state index in [4.69, 9.17) is 5.73 Å².